The first-order chi connectivity index (χ1) is 8.99. The standard InChI is InChI=1S/C12H13F3O4S/c1-4-10(16)9-5-7(2)8(3)6-11(9)19-20(17,18)12(13,14)15/h5-6H,4H2,1-3H3. The molecule has 0 fully saturated rings. The van der Waals surface area contributed by atoms with Gasteiger partial charge in [0.05, 0.1) is 5.56 Å². The van der Waals surface area contributed by atoms with Crippen LogP contribution in [0.4, 0.5) is 13.2 Å². The molecule has 0 aliphatic carbocycles. The van der Waals surface area contributed by atoms with Crippen molar-refractivity contribution in [1.82, 2.24) is 0 Å². The van der Waals surface area contributed by atoms with Crippen LogP contribution in [0.25, 0.3) is 0 Å². The largest absolute Gasteiger partial charge is 0.534 e. The molecule has 112 valence electrons. The van der Waals surface area contributed by atoms with Crippen molar-refractivity contribution in [2.75, 3.05) is 0 Å². The Hall–Kier alpha value is -1.57. The molecule has 0 N–H and O–H groups in total. The zero-order valence-corrected chi connectivity index (χ0v) is 11.9. The minimum atomic E-state index is -5.80. The third-order valence-electron chi connectivity index (χ3n) is 2.70. The number of carbonyl (C=O) groups is 1. The average molecular weight is 310 g/mol. The third-order valence-corrected chi connectivity index (χ3v) is 3.67. The van der Waals surface area contributed by atoms with Gasteiger partial charge in [0.2, 0.25) is 0 Å². The highest BCUT2D eigenvalue weighted by Crippen LogP contribution is 2.31. The number of benzene rings is 1. The molecule has 0 saturated heterocycles. The highest BCUT2D eigenvalue weighted by atomic mass is 32.2. The molecule has 8 heteroatoms. The number of hydrogen-bond acceptors (Lipinski definition) is 4. The highest BCUT2D eigenvalue weighted by molar-refractivity contribution is 7.88. The van der Waals surface area contributed by atoms with Gasteiger partial charge in [-0.2, -0.15) is 21.6 Å². The van der Waals surface area contributed by atoms with Gasteiger partial charge in [-0.1, -0.05) is 6.92 Å². The van der Waals surface area contributed by atoms with Gasteiger partial charge in [-0.3, -0.25) is 4.79 Å². The Balaban J connectivity index is 3.38. The molecule has 1 aromatic carbocycles. The molecule has 0 unspecified atom stereocenters. The van der Waals surface area contributed by atoms with Crippen LogP contribution in [-0.2, 0) is 10.1 Å². The van der Waals surface area contributed by atoms with E-state index in [2.05, 4.69) is 4.18 Å². The number of halogens is 3. The Morgan fingerprint density at radius 3 is 2.15 bits per heavy atom. The van der Waals surface area contributed by atoms with Gasteiger partial charge in [0.25, 0.3) is 0 Å². The lowest BCUT2D eigenvalue weighted by Gasteiger charge is -2.14. The summed E-state index contributed by atoms with van der Waals surface area (Å²) in [4.78, 5) is 11.7. The summed E-state index contributed by atoms with van der Waals surface area (Å²) in [5, 5.41) is 0. The minimum Gasteiger partial charge on any atom is -0.375 e. The monoisotopic (exact) mass is 310 g/mol. The fourth-order valence-corrected chi connectivity index (χ4v) is 1.90. The lowest BCUT2D eigenvalue weighted by molar-refractivity contribution is -0.0500. The quantitative estimate of drug-likeness (QED) is 0.487. The zero-order valence-electron chi connectivity index (χ0n) is 11.0. The van der Waals surface area contributed by atoms with E-state index in [0.29, 0.717) is 11.1 Å². The van der Waals surface area contributed by atoms with Crippen LogP contribution in [0.3, 0.4) is 0 Å². The predicted molar refractivity (Wildman–Crippen MR) is 66.1 cm³/mol. The van der Waals surface area contributed by atoms with E-state index in [1.807, 2.05) is 0 Å². The van der Waals surface area contributed by atoms with Crippen LogP contribution < -0.4 is 4.18 Å². The SMILES string of the molecule is CCC(=O)c1cc(C)c(C)cc1OS(=O)(=O)C(F)(F)F. The van der Waals surface area contributed by atoms with Gasteiger partial charge >= 0.3 is 15.6 Å². The fraction of sp³-hybridized carbons (Fsp3) is 0.417. The second kappa shape index (κ2) is 5.43. The number of carbonyl (C=O) groups excluding carboxylic acids is 1. The van der Waals surface area contributed by atoms with Crippen LogP contribution in [0.15, 0.2) is 12.1 Å². The summed E-state index contributed by atoms with van der Waals surface area (Å²) in [6, 6.07) is 2.43. The molecule has 0 heterocycles. The summed E-state index contributed by atoms with van der Waals surface area (Å²) < 4.78 is 63.1. The van der Waals surface area contributed by atoms with Gasteiger partial charge in [-0.15, -0.1) is 0 Å². The van der Waals surface area contributed by atoms with Crippen LogP contribution >= 0.6 is 0 Å². The molecule has 0 aromatic heterocycles. The minimum absolute atomic E-state index is 0.0188. The molecule has 1 rings (SSSR count). The smallest absolute Gasteiger partial charge is 0.375 e. The topological polar surface area (TPSA) is 60.4 Å². The number of rotatable bonds is 4. The molecular weight excluding hydrogens is 297 g/mol. The number of Topliss-reactive ketones (excluding diaryl/α,β-unsaturated/α-hetero) is 1. The van der Waals surface area contributed by atoms with E-state index in [9.17, 15) is 26.4 Å². The van der Waals surface area contributed by atoms with Crippen LogP contribution in [0.5, 0.6) is 5.75 Å². The maximum absolute atomic E-state index is 12.3. The predicted octanol–water partition coefficient (Wildman–Crippen LogP) is 3.12. The van der Waals surface area contributed by atoms with Gasteiger partial charge in [0.15, 0.2) is 11.5 Å². The molecular formula is C12H13F3O4S. The molecule has 0 atom stereocenters. The van der Waals surface area contributed by atoms with E-state index < -0.39 is 27.2 Å². The molecule has 4 nitrogen and oxygen atoms in total. The molecule has 1 aromatic rings. The van der Waals surface area contributed by atoms with E-state index in [1.165, 1.54) is 13.0 Å². The summed E-state index contributed by atoms with van der Waals surface area (Å²) >= 11 is 0. The van der Waals surface area contributed by atoms with Gasteiger partial charge < -0.3 is 4.18 Å². The second-order valence-electron chi connectivity index (χ2n) is 4.19. The summed E-state index contributed by atoms with van der Waals surface area (Å²) in [7, 11) is -5.80. The van der Waals surface area contributed by atoms with Crippen LogP contribution in [-0.4, -0.2) is 19.7 Å². The normalized spacial score (nSPS) is 12.3. The lowest BCUT2D eigenvalue weighted by atomic mass is 10.0. The van der Waals surface area contributed by atoms with E-state index in [-0.39, 0.29) is 12.0 Å². The van der Waals surface area contributed by atoms with Gasteiger partial charge in [-0.25, -0.2) is 0 Å². The highest BCUT2D eigenvalue weighted by Gasteiger charge is 2.49. The molecule has 0 saturated carbocycles. The Morgan fingerprint density at radius 2 is 1.70 bits per heavy atom. The Bertz CT molecular complexity index is 633. The zero-order chi connectivity index (χ0) is 15.7. The summed E-state index contributed by atoms with van der Waals surface area (Å²) in [5.74, 6) is -1.10. The van der Waals surface area contributed by atoms with E-state index >= 15 is 0 Å². The second-order valence-corrected chi connectivity index (χ2v) is 5.73. The van der Waals surface area contributed by atoms with E-state index in [0.717, 1.165) is 6.07 Å². The maximum atomic E-state index is 12.3. The first-order valence-corrected chi connectivity index (χ1v) is 7.05. The summed E-state index contributed by atoms with van der Waals surface area (Å²) in [6.07, 6.45) is 0.0188. The van der Waals surface area contributed by atoms with Crippen molar-refractivity contribution in [1.29, 1.82) is 0 Å². The van der Waals surface area contributed by atoms with E-state index in [1.54, 1.807) is 13.8 Å². The van der Waals surface area contributed by atoms with Crippen LogP contribution in [0, 0.1) is 13.8 Å². The Morgan fingerprint density at radius 1 is 1.20 bits per heavy atom. The number of alkyl halides is 3. The van der Waals surface area contributed by atoms with Gasteiger partial charge in [-0.05, 0) is 37.1 Å². The molecule has 0 aliphatic heterocycles. The van der Waals surface area contributed by atoms with Gasteiger partial charge in [0.1, 0.15) is 0 Å². The first-order valence-electron chi connectivity index (χ1n) is 5.64. The van der Waals surface area contributed by atoms with Crippen molar-refractivity contribution in [3.8, 4) is 5.75 Å². The van der Waals surface area contributed by atoms with Gasteiger partial charge in [0, 0.05) is 6.42 Å². The average Bonchev–Trinajstić information content (AvgIpc) is 2.30. The van der Waals surface area contributed by atoms with Crippen molar-refractivity contribution in [2.45, 2.75) is 32.7 Å². The number of hydrogen-bond donors (Lipinski definition) is 0. The number of ketones is 1. The van der Waals surface area contributed by atoms with Crippen molar-refractivity contribution in [2.24, 2.45) is 0 Å². The van der Waals surface area contributed by atoms with Crippen molar-refractivity contribution in [3.05, 3.63) is 28.8 Å². The Labute approximate surface area is 114 Å². The molecule has 0 amide bonds. The van der Waals surface area contributed by atoms with Crippen LogP contribution in [0.1, 0.15) is 34.8 Å². The third kappa shape index (κ3) is 3.30. The molecule has 20 heavy (non-hydrogen) atoms. The molecule has 0 bridgehead atoms. The number of aryl methyl sites for hydroxylation is 2. The first kappa shape index (κ1) is 16.5. The lowest BCUT2D eigenvalue weighted by Crippen LogP contribution is -2.28. The summed E-state index contributed by atoms with van der Waals surface area (Å²) in [5.41, 5.74) is -4.55. The molecule has 0 spiro atoms. The summed E-state index contributed by atoms with van der Waals surface area (Å²) in [6.45, 7) is 4.74. The van der Waals surface area contributed by atoms with Crippen molar-refractivity contribution in [3.63, 3.8) is 0 Å². The van der Waals surface area contributed by atoms with Crippen LogP contribution in [0.2, 0.25) is 0 Å². The van der Waals surface area contributed by atoms with Crippen molar-refractivity contribution >= 4 is 15.9 Å². The fourth-order valence-electron chi connectivity index (χ4n) is 1.43. The Kier molecular flexibility index (Phi) is 4.48. The molecule has 0 aliphatic rings. The van der Waals surface area contributed by atoms with Crippen molar-refractivity contribution < 1.29 is 30.6 Å². The molecule has 0 radical (unpaired) electrons. The maximum Gasteiger partial charge on any atom is 0.534 e. The van der Waals surface area contributed by atoms with E-state index in [4.69, 9.17) is 0 Å².